The minimum Gasteiger partial charge on any atom is -0.349 e. The molecule has 26 heavy (non-hydrogen) atoms. The fourth-order valence-corrected chi connectivity index (χ4v) is 3.33. The summed E-state index contributed by atoms with van der Waals surface area (Å²) in [6.07, 6.45) is 5.64. The highest BCUT2D eigenvalue weighted by Gasteiger charge is 2.17. The number of hydrogen-bond acceptors (Lipinski definition) is 2. The molecule has 0 radical (unpaired) electrons. The standard InChI is InChI=1S/C21H23ClN2O2/c22-18-11-9-15(10-12-18)14-23-20(25)16-5-4-6-17(13-16)21(26)24-19-7-2-1-3-8-19/h4-6,9-13,19H,1-3,7-8,14H2,(H,23,25)(H,24,26). The van der Waals surface area contributed by atoms with Crippen LogP contribution in [-0.4, -0.2) is 17.9 Å². The van der Waals surface area contributed by atoms with E-state index >= 15 is 0 Å². The Labute approximate surface area is 158 Å². The van der Waals surface area contributed by atoms with Crippen molar-refractivity contribution in [2.45, 2.75) is 44.7 Å². The van der Waals surface area contributed by atoms with Crippen molar-refractivity contribution in [3.8, 4) is 0 Å². The average Bonchev–Trinajstić information content (AvgIpc) is 2.68. The van der Waals surface area contributed by atoms with E-state index in [1.807, 2.05) is 12.1 Å². The molecule has 136 valence electrons. The van der Waals surface area contributed by atoms with Gasteiger partial charge in [-0.3, -0.25) is 9.59 Å². The Morgan fingerprint density at radius 1 is 0.923 bits per heavy atom. The average molecular weight is 371 g/mol. The number of benzene rings is 2. The van der Waals surface area contributed by atoms with Crippen molar-refractivity contribution in [2.24, 2.45) is 0 Å². The Morgan fingerprint density at radius 2 is 1.58 bits per heavy atom. The van der Waals surface area contributed by atoms with Gasteiger partial charge in [0.1, 0.15) is 0 Å². The summed E-state index contributed by atoms with van der Waals surface area (Å²) in [7, 11) is 0. The maximum Gasteiger partial charge on any atom is 0.251 e. The summed E-state index contributed by atoms with van der Waals surface area (Å²) >= 11 is 5.86. The van der Waals surface area contributed by atoms with Crippen molar-refractivity contribution in [3.05, 3.63) is 70.2 Å². The number of rotatable bonds is 5. The summed E-state index contributed by atoms with van der Waals surface area (Å²) in [5.41, 5.74) is 1.97. The molecule has 2 N–H and O–H groups in total. The third-order valence-corrected chi connectivity index (χ3v) is 4.95. The van der Waals surface area contributed by atoms with Gasteiger partial charge in [0.05, 0.1) is 0 Å². The predicted octanol–water partition coefficient (Wildman–Crippen LogP) is 4.33. The van der Waals surface area contributed by atoms with E-state index < -0.39 is 0 Å². The normalized spacial score (nSPS) is 14.7. The van der Waals surface area contributed by atoms with Gasteiger partial charge in [-0.15, -0.1) is 0 Å². The molecule has 1 fully saturated rings. The van der Waals surface area contributed by atoms with E-state index in [1.165, 1.54) is 6.42 Å². The molecule has 1 aliphatic carbocycles. The first-order valence-electron chi connectivity index (χ1n) is 9.05. The van der Waals surface area contributed by atoms with Crippen LogP contribution in [0.4, 0.5) is 0 Å². The minimum absolute atomic E-state index is 0.107. The highest BCUT2D eigenvalue weighted by molar-refractivity contribution is 6.30. The lowest BCUT2D eigenvalue weighted by molar-refractivity contribution is 0.0927. The van der Waals surface area contributed by atoms with Crippen molar-refractivity contribution in [3.63, 3.8) is 0 Å². The second-order valence-corrected chi connectivity index (χ2v) is 7.13. The highest BCUT2D eigenvalue weighted by atomic mass is 35.5. The van der Waals surface area contributed by atoms with Gasteiger partial charge >= 0.3 is 0 Å². The lowest BCUT2D eigenvalue weighted by atomic mass is 9.95. The van der Waals surface area contributed by atoms with Crippen LogP contribution in [0.2, 0.25) is 5.02 Å². The van der Waals surface area contributed by atoms with Crippen LogP contribution in [0.1, 0.15) is 58.4 Å². The summed E-state index contributed by atoms with van der Waals surface area (Å²) in [4.78, 5) is 24.8. The van der Waals surface area contributed by atoms with Gasteiger partial charge in [0.25, 0.3) is 11.8 Å². The monoisotopic (exact) mass is 370 g/mol. The van der Waals surface area contributed by atoms with E-state index in [4.69, 9.17) is 11.6 Å². The Bertz CT molecular complexity index is 768. The van der Waals surface area contributed by atoms with Gasteiger partial charge in [-0.1, -0.05) is 49.1 Å². The zero-order valence-electron chi connectivity index (χ0n) is 14.6. The van der Waals surface area contributed by atoms with Crippen LogP contribution < -0.4 is 10.6 Å². The molecule has 2 amide bonds. The molecule has 0 heterocycles. The van der Waals surface area contributed by atoms with Gasteiger partial charge in [-0.2, -0.15) is 0 Å². The number of halogens is 1. The Morgan fingerprint density at radius 3 is 2.27 bits per heavy atom. The van der Waals surface area contributed by atoms with E-state index in [1.54, 1.807) is 36.4 Å². The van der Waals surface area contributed by atoms with Crippen molar-refractivity contribution >= 4 is 23.4 Å². The van der Waals surface area contributed by atoms with E-state index in [-0.39, 0.29) is 17.9 Å². The van der Waals surface area contributed by atoms with Crippen LogP contribution in [-0.2, 0) is 6.54 Å². The lowest BCUT2D eigenvalue weighted by Crippen LogP contribution is -2.36. The summed E-state index contributed by atoms with van der Waals surface area (Å²) in [5, 5.41) is 6.61. The molecule has 1 saturated carbocycles. The lowest BCUT2D eigenvalue weighted by Gasteiger charge is -2.22. The summed E-state index contributed by atoms with van der Waals surface area (Å²) in [5.74, 6) is -0.309. The number of hydrogen-bond donors (Lipinski definition) is 2. The summed E-state index contributed by atoms with van der Waals surface area (Å²) < 4.78 is 0. The van der Waals surface area contributed by atoms with Gasteiger partial charge in [0, 0.05) is 28.7 Å². The first-order chi connectivity index (χ1) is 12.6. The maximum absolute atomic E-state index is 12.4. The third kappa shape index (κ3) is 5.09. The zero-order valence-corrected chi connectivity index (χ0v) is 15.4. The van der Waals surface area contributed by atoms with Crippen LogP contribution >= 0.6 is 11.6 Å². The van der Waals surface area contributed by atoms with Crippen molar-refractivity contribution in [1.82, 2.24) is 10.6 Å². The molecule has 0 saturated heterocycles. The Balaban J connectivity index is 1.59. The smallest absolute Gasteiger partial charge is 0.251 e. The van der Waals surface area contributed by atoms with E-state index in [9.17, 15) is 9.59 Å². The molecule has 0 unspecified atom stereocenters. The molecule has 2 aromatic rings. The van der Waals surface area contributed by atoms with Crippen LogP contribution in [0, 0.1) is 0 Å². The van der Waals surface area contributed by atoms with E-state index in [2.05, 4.69) is 10.6 Å². The molecule has 1 aliphatic rings. The topological polar surface area (TPSA) is 58.2 Å². The molecule has 4 nitrogen and oxygen atoms in total. The van der Waals surface area contributed by atoms with Crippen LogP contribution in [0.5, 0.6) is 0 Å². The molecule has 0 atom stereocenters. The van der Waals surface area contributed by atoms with Crippen LogP contribution in [0.25, 0.3) is 0 Å². The van der Waals surface area contributed by atoms with Crippen molar-refractivity contribution in [2.75, 3.05) is 0 Å². The fraction of sp³-hybridized carbons (Fsp3) is 0.333. The van der Waals surface area contributed by atoms with E-state index in [0.717, 1.165) is 31.2 Å². The molecule has 0 aromatic heterocycles. The molecular weight excluding hydrogens is 348 g/mol. The second-order valence-electron chi connectivity index (χ2n) is 6.70. The van der Waals surface area contributed by atoms with Gasteiger partial charge in [0.15, 0.2) is 0 Å². The number of amides is 2. The van der Waals surface area contributed by atoms with E-state index in [0.29, 0.717) is 22.7 Å². The predicted molar refractivity (Wildman–Crippen MR) is 103 cm³/mol. The minimum atomic E-state index is -0.202. The SMILES string of the molecule is O=C(NCc1ccc(Cl)cc1)c1cccc(C(=O)NC2CCCCC2)c1. The number of carbonyl (C=O) groups excluding carboxylic acids is 2. The Kier molecular flexibility index (Phi) is 6.29. The second kappa shape index (κ2) is 8.86. The van der Waals surface area contributed by atoms with Gasteiger partial charge in [0.2, 0.25) is 0 Å². The van der Waals surface area contributed by atoms with Gasteiger partial charge in [-0.05, 0) is 48.7 Å². The highest BCUT2D eigenvalue weighted by Crippen LogP contribution is 2.18. The molecule has 2 aromatic carbocycles. The fourth-order valence-electron chi connectivity index (χ4n) is 3.20. The molecular formula is C21H23ClN2O2. The third-order valence-electron chi connectivity index (χ3n) is 4.69. The molecule has 0 bridgehead atoms. The van der Waals surface area contributed by atoms with Gasteiger partial charge in [-0.25, -0.2) is 0 Å². The molecule has 3 rings (SSSR count). The van der Waals surface area contributed by atoms with Crippen LogP contribution in [0.3, 0.4) is 0 Å². The first-order valence-corrected chi connectivity index (χ1v) is 9.43. The summed E-state index contributed by atoms with van der Waals surface area (Å²) in [6.45, 7) is 0.411. The quantitative estimate of drug-likeness (QED) is 0.822. The molecule has 5 heteroatoms. The van der Waals surface area contributed by atoms with Gasteiger partial charge < -0.3 is 10.6 Å². The zero-order chi connectivity index (χ0) is 18.4. The molecule has 0 spiro atoms. The first kappa shape index (κ1) is 18.5. The largest absolute Gasteiger partial charge is 0.349 e. The van der Waals surface area contributed by atoms with Crippen LogP contribution in [0.15, 0.2) is 48.5 Å². The Hall–Kier alpha value is -2.33. The van der Waals surface area contributed by atoms with Crippen molar-refractivity contribution < 1.29 is 9.59 Å². The maximum atomic E-state index is 12.4. The molecule has 0 aliphatic heterocycles. The van der Waals surface area contributed by atoms with Crippen molar-refractivity contribution in [1.29, 1.82) is 0 Å². The number of nitrogens with one attached hydrogen (secondary N) is 2. The summed E-state index contributed by atoms with van der Waals surface area (Å²) in [6, 6.07) is 14.4. The number of carbonyl (C=O) groups is 2.